The normalized spacial score (nSPS) is 38.8. The van der Waals surface area contributed by atoms with Crippen LogP contribution in [0.4, 0.5) is 0 Å². The second kappa shape index (κ2) is 4.63. The van der Waals surface area contributed by atoms with Gasteiger partial charge in [-0.05, 0) is 19.8 Å². The van der Waals surface area contributed by atoms with Crippen LogP contribution in [0.3, 0.4) is 0 Å². The van der Waals surface area contributed by atoms with Crippen LogP contribution in [-0.2, 0) is 9.47 Å². The molecule has 0 amide bonds. The van der Waals surface area contributed by atoms with Gasteiger partial charge in [0.15, 0.2) is 0 Å². The van der Waals surface area contributed by atoms with Crippen molar-refractivity contribution in [3.63, 3.8) is 0 Å². The number of rotatable bonds is 2. The molecule has 2 unspecified atom stereocenters. The molecule has 0 saturated carbocycles. The summed E-state index contributed by atoms with van der Waals surface area (Å²) in [5, 5.41) is 3.58. The molecule has 1 spiro atoms. The summed E-state index contributed by atoms with van der Waals surface area (Å²) >= 11 is 0. The maximum Gasteiger partial charge on any atom is 0.0860 e. The molecule has 0 aromatic rings. The van der Waals surface area contributed by atoms with Crippen molar-refractivity contribution in [3.8, 4) is 0 Å². The average molecular weight is 227 g/mol. The Morgan fingerprint density at radius 3 is 2.62 bits per heavy atom. The zero-order valence-corrected chi connectivity index (χ0v) is 10.8. The first-order chi connectivity index (χ1) is 7.64. The molecule has 2 atom stereocenters. The lowest BCUT2D eigenvalue weighted by Crippen LogP contribution is -2.62. The predicted octanol–water partition coefficient (Wildman–Crippen LogP) is 2.10. The van der Waals surface area contributed by atoms with E-state index in [0.29, 0.717) is 6.10 Å². The van der Waals surface area contributed by atoms with Gasteiger partial charge in [-0.1, -0.05) is 13.8 Å². The molecule has 0 aromatic carbocycles. The van der Waals surface area contributed by atoms with E-state index in [4.69, 9.17) is 9.47 Å². The number of ether oxygens (including phenoxy) is 2. The van der Waals surface area contributed by atoms with Crippen molar-refractivity contribution < 1.29 is 9.47 Å². The van der Waals surface area contributed by atoms with Crippen molar-refractivity contribution in [1.82, 2.24) is 5.32 Å². The van der Waals surface area contributed by atoms with Gasteiger partial charge >= 0.3 is 0 Å². The standard InChI is InChI=1S/C13H25NO2/c1-4-12(5-2)9-14-10-13(16-12)6-7-15-11(3)8-13/h11,14H,4-10H2,1-3H3. The molecule has 3 nitrogen and oxygen atoms in total. The van der Waals surface area contributed by atoms with Gasteiger partial charge in [0.2, 0.25) is 0 Å². The highest BCUT2D eigenvalue weighted by Gasteiger charge is 2.45. The van der Waals surface area contributed by atoms with E-state index in [1.807, 2.05) is 0 Å². The highest BCUT2D eigenvalue weighted by atomic mass is 16.5. The molecule has 0 aliphatic carbocycles. The van der Waals surface area contributed by atoms with Crippen molar-refractivity contribution in [2.45, 2.75) is 63.8 Å². The summed E-state index contributed by atoms with van der Waals surface area (Å²) in [5.74, 6) is 0. The molecule has 16 heavy (non-hydrogen) atoms. The summed E-state index contributed by atoms with van der Waals surface area (Å²) in [7, 11) is 0. The molecule has 2 rings (SSSR count). The van der Waals surface area contributed by atoms with Crippen molar-refractivity contribution in [3.05, 3.63) is 0 Å². The van der Waals surface area contributed by atoms with Crippen molar-refractivity contribution in [2.75, 3.05) is 19.7 Å². The lowest BCUT2D eigenvalue weighted by atomic mass is 9.85. The Labute approximate surface area is 98.9 Å². The Morgan fingerprint density at radius 1 is 1.25 bits per heavy atom. The van der Waals surface area contributed by atoms with Gasteiger partial charge in [0.1, 0.15) is 0 Å². The van der Waals surface area contributed by atoms with Crippen LogP contribution < -0.4 is 5.32 Å². The molecule has 0 bridgehead atoms. The van der Waals surface area contributed by atoms with Crippen LogP contribution in [0.5, 0.6) is 0 Å². The Balaban J connectivity index is 2.10. The third-order valence-electron chi connectivity index (χ3n) is 4.24. The van der Waals surface area contributed by atoms with Crippen molar-refractivity contribution >= 4 is 0 Å². The Hall–Kier alpha value is -0.120. The summed E-state index contributed by atoms with van der Waals surface area (Å²) in [6.45, 7) is 9.43. The third kappa shape index (κ3) is 2.27. The van der Waals surface area contributed by atoms with Crippen molar-refractivity contribution in [1.29, 1.82) is 0 Å². The maximum absolute atomic E-state index is 6.53. The second-order valence-electron chi connectivity index (χ2n) is 5.41. The van der Waals surface area contributed by atoms with Gasteiger partial charge < -0.3 is 14.8 Å². The lowest BCUT2D eigenvalue weighted by molar-refractivity contribution is -0.219. The number of hydrogen-bond acceptors (Lipinski definition) is 3. The summed E-state index contributed by atoms with van der Waals surface area (Å²) in [4.78, 5) is 0. The van der Waals surface area contributed by atoms with E-state index in [1.165, 1.54) is 0 Å². The van der Waals surface area contributed by atoms with Crippen LogP contribution in [-0.4, -0.2) is 37.0 Å². The average Bonchev–Trinajstić information content (AvgIpc) is 2.28. The molecule has 2 fully saturated rings. The molecule has 2 aliphatic rings. The van der Waals surface area contributed by atoms with E-state index < -0.39 is 0 Å². The Bertz CT molecular complexity index is 236. The fourth-order valence-electron chi connectivity index (χ4n) is 3.08. The van der Waals surface area contributed by atoms with Crippen LogP contribution in [0.25, 0.3) is 0 Å². The van der Waals surface area contributed by atoms with Gasteiger partial charge in [-0.25, -0.2) is 0 Å². The SMILES string of the molecule is CCC1(CC)CNCC2(CCOC(C)C2)O1. The smallest absolute Gasteiger partial charge is 0.0860 e. The van der Waals surface area contributed by atoms with Gasteiger partial charge in [-0.15, -0.1) is 0 Å². The first-order valence-electron chi connectivity index (χ1n) is 6.66. The third-order valence-corrected chi connectivity index (χ3v) is 4.24. The van der Waals surface area contributed by atoms with Gasteiger partial charge in [0.05, 0.1) is 17.3 Å². The minimum atomic E-state index is 0.0297. The number of morpholine rings is 1. The molecule has 2 saturated heterocycles. The first-order valence-corrected chi connectivity index (χ1v) is 6.66. The minimum Gasteiger partial charge on any atom is -0.378 e. The zero-order chi connectivity index (χ0) is 11.6. The summed E-state index contributed by atoms with van der Waals surface area (Å²) < 4.78 is 12.2. The van der Waals surface area contributed by atoms with Gasteiger partial charge in [0.25, 0.3) is 0 Å². The monoisotopic (exact) mass is 227 g/mol. The van der Waals surface area contributed by atoms with Gasteiger partial charge in [0, 0.05) is 32.5 Å². The molecule has 1 N–H and O–H groups in total. The van der Waals surface area contributed by atoms with E-state index in [0.717, 1.165) is 45.4 Å². The van der Waals surface area contributed by atoms with Crippen LogP contribution in [0.2, 0.25) is 0 Å². The van der Waals surface area contributed by atoms with Crippen LogP contribution in [0, 0.1) is 0 Å². The molecule has 2 aliphatic heterocycles. The van der Waals surface area contributed by atoms with Crippen LogP contribution in [0.15, 0.2) is 0 Å². The molecule has 94 valence electrons. The summed E-state index contributed by atoms with van der Waals surface area (Å²) in [6.07, 6.45) is 4.58. The van der Waals surface area contributed by atoms with E-state index >= 15 is 0 Å². The Morgan fingerprint density at radius 2 is 2.00 bits per heavy atom. The predicted molar refractivity (Wildman–Crippen MR) is 64.6 cm³/mol. The van der Waals surface area contributed by atoms with E-state index in [9.17, 15) is 0 Å². The first kappa shape index (κ1) is 12.3. The molecule has 0 aromatic heterocycles. The van der Waals surface area contributed by atoms with Gasteiger partial charge in [-0.3, -0.25) is 0 Å². The number of hydrogen-bond donors (Lipinski definition) is 1. The minimum absolute atomic E-state index is 0.0297. The second-order valence-corrected chi connectivity index (χ2v) is 5.41. The molecule has 2 heterocycles. The van der Waals surface area contributed by atoms with E-state index in [-0.39, 0.29) is 11.2 Å². The van der Waals surface area contributed by atoms with E-state index in [2.05, 4.69) is 26.1 Å². The summed E-state index contributed by atoms with van der Waals surface area (Å²) in [6, 6.07) is 0. The van der Waals surface area contributed by atoms with Crippen LogP contribution in [0.1, 0.15) is 46.5 Å². The molecule has 0 radical (unpaired) electrons. The summed E-state index contributed by atoms with van der Waals surface area (Å²) in [5.41, 5.74) is 0.0806. The highest BCUT2D eigenvalue weighted by Crippen LogP contribution is 2.37. The zero-order valence-electron chi connectivity index (χ0n) is 10.8. The lowest BCUT2D eigenvalue weighted by Gasteiger charge is -2.51. The van der Waals surface area contributed by atoms with E-state index in [1.54, 1.807) is 0 Å². The Kier molecular flexibility index (Phi) is 3.57. The largest absolute Gasteiger partial charge is 0.378 e. The van der Waals surface area contributed by atoms with Crippen molar-refractivity contribution in [2.24, 2.45) is 0 Å². The quantitative estimate of drug-likeness (QED) is 0.783. The van der Waals surface area contributed by atoms with Crippen LogP contribution >= 0.6 is 0 Å². The highest BCUT2D eigenvalue weighted by molar-refractivity contribution is 4.98. The maximum atomic E-state index is 6.53. The molecular weight excluding hydrogens is 202 g/mol. The molecule has 3 heteroatoms. The fourth-order valence-corrected chi connectivity index (χ4v) is 3.08. The van der Waals surface area contributed by atoms with Gasteiger partial charge in [-0.2, -0.15) is 0 Å². The topological polar surface area (TPSA) is 30.5 Å². The fraction of sp³-hybridized carbons (Fsp3) is 1.00. The molecular formula is C13H25NO2. The number of nitrogens with one attached hydrogen (secondary N) is 1.